The third-order valence-electron chi connectivity index (χ3n) is 5.34. The molecule has 2 aromatic rings. The molecule has 0 bridgehead atoms. The molecule has 3 heterocycles. The van der Waals surface area contributed by atoms with Crippen LogP contribution in [0.15, 0.2) is 34.9 Å². The highest BCUT2D eigenvalue weighted by Gasteiger charge is 2.26. The van der Waals surface area contributed by atoms with E-state index in [2.05, 4.69) is 14.8 Å². The van der Waals surface area contributed by atoms with Gasteiger partial charge in [0.15, 0.2) is 5.76 Å². The summed E-state index contributed by atoms with van der Waals surface area (Å²) in [5, 5.41) is 0.729. The summed E-state index contributed by atoms with van der Waals surface area (Å²) < 4.78 is 11.5. The lowest BCUT2D eigenvalue weighted by Gasteiger charge is -2.39. The highest BCUT2D eigenvalue weighted by Crippen LogP contribution is 2.25. The van der Waals surface area contributed by atoms with Gasteiger partial charge in [0.2, 0.25) is 5.89 Å². The van der Waals surface area contributed by atoms with Gasteiger partial charge in [-0.1, -0.05) is 18.0 Å². The third kappa shape index (κ3) is 4.46. The first-order valence-corrected chi connectivity index (χ1v) is 9.90. The Morgan fingerprint density at radius 3 is 2.69 bits per heavy atom. The topological polar surface area (TPSA) is 41.7 Å². The molecule has 1 aromatic heterocycles. The molecule has 0 saturated carbocycles. The molecule has 0 spiro atoms. The lowest BCUT2D eigenvalue weighted by molar-refractivity contribution is 0.0139. The number of benzene rings is 1. The van der Waals surface area contributed by atoms with Gasteiger partial charge in [0.05, 0.1) is 26.0 Å². The van der Waals surface area contributed by atoms with Crippen molar-refractivity contribution < 1.29 is 9.15 Å². The zero-order valence-corrected chi connectivity index (χ0v) is 15.8. The number of oxazole rings is 1. The van der Waals surface area contributed by atoms with Crippen LogP contribution in [0.2, 0.25) is 5.02 Å². The van der Waals surface area contributed by atoms with Gasteiger partial charge in [0.1, 0.15) is 0 Å². The van der Waals surface area contributed by atoms with Crippen LogP contribution >= 0.6 is 11.6 Å². The van der Waals surface area contributed by atoms with E-state index < -0.39 is 0 Å². The number of piperidine rings is 1. The van der Waals surface area contributed by atoms with E-state index in [1.807, 2.05) is 30.5 Å². The van der Waals surface area contributed by atoms with Gasteiger partial charge >= 0.3 is 0 Å². The van der Waals surface area contributed by atoms with Crippen LogP contribution in [-0.2, 0) is 11.3 Å². The molecule has 6 heteroatoms. The van der Waals surface area contributed by atoms with Crippen molar-refractivity contribution >= 4 is 11.6 Å². The quantitative estimate of drug-likeness (QED) is 0.797. The summed E-state index contributed by atoms with van der Waals surface area (Å²) in [6, 6.07) is 8.26. The maximum Gasteiger partial charge on any atom is 0.209 e. The van der Waals surface area contributed by atoms with Crippen LogP contribution in [0.1, 0.15) is 25.2 Å². The highest BCUT2D eigenvalue weighted by atomic mass is 35.5. The maximum atomic E-state index is 6.02. The molecular weight excluding hydrogens is 350 g/mol. The molecule has 0 amide bonds. The van der Waals surface area contributed by atoms with Crippen LogP contribution in [0.25, 0.3) is 11.3 Å². The normalized spacial score (nSPS) is 22.6. The Morgan fingerprint density at radius 1 is 1.08 bits per heavy atom. The zero-order valence-electron chi connectivity index (χ0n) is 15.1. The lowest BCUT2D eigenvalue weighted by Crippen LogP contribution is -2.49. The van der Waals surface area contributed by atoms with E-state index in [0.717, 1.165) is 68.2 Å². The number of hydrogen-bond donors (Lipinski definition) is 0. The van der Waals surface area contributed by atoms with Crippen LogP contribution in [0.5, 0.6) is 0 Å². The number of aromatic nitrogens is 1. The summed E-state index contributed by atoms with van der Waals surface area (Å²) in [5.41, 5.74) is 1.01. The fourth-order valence-electron chi connectivity index (χ4n) is 3.86. The summed E-state index contributed by atoms with van der Waals surface area (Å²) in [4.78, 5) is 9.58. The second-order valence-electron chi connectivity index (χ2n) is 7.16. The highest BCUT2D eigenvalue weighted by molar-refractivity contribution is 6.30. The number of nitrogens with zero attached hydrogens (tertiary/aromatic N) is 3. The average molecular weight is 376 g/mol. The fourth-order valence-corrected chi connectivity index (χ4v) is 3.99. The maximum absolute atomic E-state index is 6.02. The first kappa shape index (κ1) is 18.0. The van der Waals surface area contributed by atoms with Gasteiger partial charge < -0.3 is 9.15 Å². The van der Waals surface area contributed by atoms with E-state index in [1.165, 1.54) is 19.3 Å². The lowest BCUT2D eigenvalue weighted by atomic mass is 10.0. The number of ether oxygens (including phenoxy) is 1. The minimum Gasteiger partial charge on any atom is -0.439 e. The Morgan fingerprint density at radius 2 is 1.88 bits per heavy atom. The molecule has 1 unspecified atom stereocenters. The van der Waals surface area contributed by atoms with Crippen LogP contribution in [0.4, 0.5) is 0 Å². The average Bonchev–Trinajstić information content (AvgIpc) is 3.13. The molecule has 2 aliphatic heterocycles. The minimum absolute atomic E-state index is 0.577. The number of rotatable bonds is 5. The monoisotopic (exact) mass is 375 g/mol. The van der Waals surface area contributed by atoms with Crippen molar-refractivity contribution in [2.75, 3.05) is 39.4 Å². The predicted molar refractivity (Wildman–Crippen MR) is 102 cm³/mol. The minimum atomic E-state index is 0.577. The van der Waals surface area contributed by atoms with E-state index in [-0.39, 0.29) is 0 Å². The van der Waals surface area contributed by atoms with Crippen molar-refractivity contribution in [2.24, 2.45) is 0 Å². The molecule has 2 aliphatic rings. The van der Waals surface area contributed by atoms with Crippen molar-refractivity contribution in [1.29, 1.82) is 0 Å². The Bertz CT molecular complexity index is 697. The van der Waals surface area contributed by atoms with Crippen molar-refractivity contribution in [1.82, 2.24) is 14.8 Å². The second-order valence-corrected chi connectivity index (χ2v) is 7.59. The van der Waals surface area contributed by atoms with Gasteiger partial charge in [0.25, 0.3) is 0 Å². The van der Waals surface area contributed by atoms with E-state index in [9.17, 15) is 0 Å². The van der Waals surface area contributed by atoms with Crippen molar-refractivity contribution in [2.45, 2.75) is 31.8 Å². The number of morpholine rings is 1. The Balaban J connectivity index is 1.40. The molecule has 0 N–H and O–H groups in total. The first-order valence-electron chi connectivity index (χ1n) is 9.53. The van der Waals surface area contributed by atoms with Crippen molar-refractivity contribution in [3.63, 3.8) is 0 Å². The largest absolute Gasteiger partial charge is 0.439 e. The van der Waals surface area contributed by atoms with Gasteiger partial charge in [0, 0.05) is 36.3 Å². The van der Waals surface area contributed by atoms with E-state index >= 15 is 0 Å². The van der Waals surface area contributed by atoms with E-state index in [0.29, 0.717) is 6.04 Å². The molecule has 2 saturated heterocycles. The summed E-state index contributed by atoms with van der Waals surface area (Å²) in [6.07, 6.45) is 5.64. The molecule has 26 heavy (non-hydrogen) atoms. The van der Waals surface area contributed by atoms with Crippen LogP contribution in [-0.4, -0.2) is 60.2 Å². The second kappa shape index (κ2) is 8.53. The van der Waals surface area contributed by atoms with Crippen LogP contribution in [0.3, 0.4) is 0 Å². The summed E-state index contributed by atoms with van der Waals surface area (Å²) in [6.45, 7) is 6.83. The molecule has 0 radical (unpaired) electrons. The Labute approximate surface area is 159 Å². The smallest absolute Gasteiger partial charge is 0.209 e. The predicted octanol–water partition coefficient (Wildman–Crippen LogP) is 3.68. The van der Waals surface area contributed by atoms with Gasteiger partial charge in [-0.25, -0.2) is 4.98 Å². The molecule has 140 valence electrons. The molecule has 5 nitrogen and oxygen atoms in total. The van der Waals surface area contributed by atoms with Gasteiger partial charge in [-0.05, 0) is 43.7 Å². The molecule has 1 atom stereocenters. The number of likely N-dealkylation sites (tertiary alicyclic amines) is 1. The fraction of sp³-hybridized carbons (Fsp3) is 0.550. The standard InChI is InChI=1S/C20H26ClN3O2/c21-17-6-4-16(5-7-17)19-13-22-20(26-19)15-24-8-2-1-3-18(24)14-23-9-11-25-12-10-23/h4-7,13,18H,1-3,8-12,14-15H2. The third-order valence-corrected chi connectivity index (χ3v) is 5.59. The summed E-state index contributed by atoms with van der Waals surface area (Å²) >= 11 is 5.96. The molecule has 4 rings (SSSR count). The Hall–Kier alpha value is -1.40. The van der Waals surface area contributed by atoms with Crippen molar-refractivity contribution in [3.05, 3.63) is 41.4 Å². The van der Waals surface area contributed by atoms with Crippen LogP contribution < -0.4 is 0 Å². The van der Waals surface area contributed by atoms with Crippen LogP contribution in [0, 0.1) is 0 Å². The summed E-state index contributed by atoms with van der Waals surface area (Å²) in [7, 11) is 0. The van der Waals surface area contributed by atoms with Crippen molar-refractivity contribution in [3.8, 4) is 11.3 Å². The number of hydrogen-bond acceptors (Lipinski definition) is 5. The van der Waals surface area contributed by atoms with Gasteiger partial charge in [-0.2, -0.15) is 0 Å². The summed E-state index contributed by atoms with van der Waals surface area (Å²) in [5.74, 6) is 1.60. The van der Waals surface area contributed by atoms with E-state index in [1.54, 1.807) is 0 Å². The Kier molecular flexibility index (Phi) is 5.90. The van der Waals surface area contributed by atoms with Gasteiger partial charge in [-0.3, -0.25) is 9.80 Å². The molecular formula is C20H26ClN3O2. The van der Waals surface area contributed by atoms with E-state index in [4.69, 9.17) is 20.8 Å². The SMILES string of the molecule is Clc1ccc(-c2cnc(CN3CCCCC3CN3CCOCC3)o2)cc1. The molecule has 1 aromatic carbocycles. The molecule has 2 fully saturated rings. The molecule has 0 aliphatic carbocycles. The zero-order chi connectivity index (χ0) is 17.8. The first-order chi connectivity index (χ1) is 12.8. The van der Waals surface area contributed by atoms with Gasteiger partial charge in [-0.15, -0.1) is 0 Å². The number of halogens is 1.